The Hall–Kier alpha value is -3.93. The van der Waals surface area contributed by atoms with Gasteiger partial charge in [0.05, 0.1) is 22.6 Å². The Morgan fingerprint density at radius 2 is 1.75 bits per heavy atom. The zero-order valence-electron chi connectivity index (χ0n) is 17.9. The molecule has 0 amide bonds. The molecule has 0 bridgehead atoms. The summed E-state index contributed by atoms with van der Waals surface area (Å²) in [4.78, 5) is 24.8. The van der Waals surface area contributed by atoms with Gasteiger partial charge in [-0.1, -0.05) is 30.3 Å². The minimum Gasteiger partial charge on any atom is -0.478 e. The molecule has 1 atom stereocenters. The standard InChI is InChI=1S/C26H22FNO4/c1-14-12-19(16(3)28-22-11-7-5-9-18(22)26(30)31)25-20(13-14)23(29)15(2)24(32-25)17-8-4-6-10-21(17)27/h4-13,16,28H,1-3H3,(H,30,31)/t16-/m1/s1. The fraction of sp³-hybridized carbons (Fsp3) is 0.154. The lowest BCUT2D eigenvalue weighted by molar-refractivity contribution is 0.0698. The molecule has 1 aromatic heterocycles. The van der Waals surface area contributed by atoms with E-state index in [-0.39, 0.29) is 22.3 Å². The molecule has 0 saturated carbocycles. The predicted octanol–water partition coefficient (Wildman–Crippen LogP) is 6.09. The molecule has 2 N–H and O–H groups in total. The van der Waals surface area contributed by atoms with Crippen LogP contribution in [-0.4, -0.2) is 11.1 Å². The maximum Gasteiger partial charge on any atom is 0.337 e. The van der Waals surface area contributed by atoms with E-state index in [0.29, 0.717) is 27.8 Å². The monoisotopic (exact) mass is 431 g/mol. The average molecular weight is 431 g/mol. The average Bonchev–Trinajstić information content (AvgIpc) is 2.77. The van der Waals surface area contributed by atoms with Gasteiger partial charge in [0, 0.05) is 16.8 Å². The quantitative estimate of drug-likeness (QED) is 0.400. The van der Waals surface area contributed by atoms with Crippen LogP contribution in [0.1, 0.15) is 40.0 Å². The highest BCUT2D eigenvalue weighted by atomic mass is 19.1. The molecular weight excluding hydrogens is 409 g/mol. The van der Waals surface area contributed by atoms with Crippen molar-refractivity contribution in [2.24, 2.45) is 0 Å². The fourth-order valence-corrected chi connectivity index (χ4v) is 3.90. The van der Waals surface area contributed by atoms with Crippen molar-refractivity contribution in [1.29, 1.82) is 0 Å². The third kappa shape index (κ3) is 3.75. The van der Waals surface area contributed by atoms with Gasteiger partial charge in [-0.25, -0.2) is 9.18 Å². The topological polar surface area (TPSA) is 79.5 Å². The van der Waals surface area contributed by atoms with Crippen LogP contribution in [0.15, 0.2) is 69.9 Å². The Kier molecular flexibility index (Phi) is 5.53. The first-order valence-corrected chi connectivity index (χ1v) is 10.2. The minimum atomic E-state index is -1.04. The summed E-state index contributed by atoms with van der Waals surface area (Å²) < 4.78 is 20.7. The molecule has 4 aromatic rings. The molecule has 0 spiro atoms. The number of para-hydroxylation sites is 1. The second-order valence-electron chi connectivity index (χ2n) is 7.81. The van der Waals surface area contributed by atoms with Crippen LogP contribution in [0.25, 0.3) is 22.3 Å². The summed E-state index contributed by atoms with van der Waals surface area (Å²) in [6.45, 7) is 5.36. The van der Waals surface area contributed by atoms with E-state index < -0.39 is 17.8 Å². The number of nitrogens with one attached hydrogen (secondary N) is 1. The van der Waals surface area contributed by atoms with Gasteiger partial charge in [0.25, 0.3) is 0 Å². The molecule has 5 nitrogen and oxygen atoms in total. The summed E-state index contributed by atoms with van der Waals surface area (Å²) in [5, 5.41) is 13.1. The smallest absolute Gasteiger partial charge is 0.337 e. The Balaban J connectivity index is 1.91. The van der Waals surface area contributed by atoms with Crippen LogP contribution >= 0.6 is 0 Å². The van der Waals surface area contributed by atoms with Crippen molar-refractivity contribution < 1.29 is 18.7 Å². The van der Waals surface area contributed by atoms with E-state index in [0.717, 1.165) is 5.56 Å². The molecule has 0 radical (unpaired) electrons. The van der Waals surface area contributed by atoms with Gasteiger partial charge in [0.1, 0.15) is 17.2 Å². The number of carbonyl (C=O) groups is 1. The molecule has 6 heteroatoms. The van der Waals surface area contributed by atoms with Crippen molar-refractivity contribution in [3.05, 3.63) is 99.0 Å². The molecule has 4 rings (SSSR count). The highest BCUT2D eigenvalue weighted by Crippen LogP contribution is 2.33. The number of halogens is 1. The van der Waals surface area contributed by atoms with Crippen molar-refractivity contribution in [1.82, 2.24) is 0 Å². The molecule has 32 heavy (non-hydrogen) atoms. The van der Waals surface area contributed by atoms with Crippen molar-refractivity contribution in [2.45, 2.75) is 26.8 Å². The first-order chi connectivity index (χ1) is 15.3. The number of rotatable bonds is 5. The molecule has 0 fully saturated rings. The molecule has 162 valence electrons. The zero-order chi connectivity index (χ0) is 23.0. The van der Waals surface area contributed by atoms with E-state index in [1.807, 2.05) is 19.9 Å². The summed E-state index contributed by atoms with van der Waals surface area (Å²) in [6.07, 6.45) is 0. The Labute approximate surface area is 184 Å². The highest BCUT2D eigenvalue weighted by molar-refractivity contribution is 5.94. The van der Waals surface area contributed by atoms with Gasteiger partial charge in [-0.2, -0.15) is 0 Å². The van der Waals surface area contributed by atoms with Gasteiger partial charge >= 0.3 is 5.97 Å². The number of fused-ring (bicyclic) bond motifs is 1. The Morgan fingerprint density at radius 3 is 2.47 bits per heavy atom. The van der Waals surface area contributed by atoms with Crippen LogP contribution in [0.4, 0.5) is 10.1 Å². The summed E-state index contributed by atoms with van der Waals surface area (Å²) in [5.41, 5.74) is 2.78. The molecule has 0 aliphatic carbocycles. The molecule has 1 heterocycles. The first-order valence-electron chi connectivity index (χ1n) is 10.2. The maximum atomic E-state index is 14.5. The maximum absolute atomic E-state index is 14.5. The van der Waals surface area contributed by atoms with Crippen molar-refractivity contribution in [3.63, 3.8) is 0 Å². The summed E-state index contributed by atoms with van der Waals surface area (Å²) in [5.74, 6) is -1.34. The van der Waals surface area contributed by atoms with Crippen molar-refractivity contribution in [2.75, 3.05) is 5.32 Å². The normalized spacial score (nSPS) is 12.0. The van der Waals surface area contributed by atoms with Crippen molar-refractivity contribution in [3.8, 4) is 11.3 Å². The third-order valence-electron chi connectivity index (χ3n) is 5.51. The van der Waals surface area contributed by atoms with Crippen LogP contribution in [0, 0.1) is 19.7 Å². The van der Waals surface area contributed by atoms with Gasteiger partial charge < -0.3 is 14.8 Å². The van der Waals surface area contributed by atoms with E-state index in [1.165, 1.54) is 12.1 Å². The summed E-state index contributed by atoms with van der Waals surface area (Å²) in [7, 11) is 0. The molecule has 3 aromatic carbocycles. The first kappa shape index (κ1) is 21.3. The molecular formula is C26H22FNO4. The number of anilines is 1. The van der Waals surface area contributed by atoms with Crippen molar-refractivity contribution >= 4 is 22.6 Å². The number of hydrogen-bond acceptors (Lipinski definition) is 4. The van der Waals surface area contributed by atoms with Crippen LogP contribution in [-0.2, 0) is 0 Å². The van der Waals surface area contributed by atoms with Gasteiger partial charge in [0.15, 0.2) is 5.43 Å². The number of carboxylic acid groups (broad SMARTS) is 1. The second-order valence-corrected chi connectivity index (χ2v) is 7.81. The van der Waals surface area contributed by atoms with Crippen LogP contribution in [0.2, 0.25) is 0 Å². The molecule has 0 unspecified atom stereocenters. The molecule has 0 aliphatic heterocycles. The lowest BCUT2D eigenvalue weighted by Gasteiger charge is -2.20. The van der Waals surface area contributed by atoms with Gasteiger partial charge in [-0.05, 0) is 56.7 Å². The van der Waals surface area contributed by atoms with Crippen LogP contribution < -0.4 is 10.7 Å². The van der Waals surface area contributed by atoms with Crippen LogP contribution in [0.3, 0.4) is 0 Å². The molecule has 0 saturated heterocycles. The SMILES string of the molecule is Cc1cc([C@@H](C)Nc2ccccc2C(=O)O)c2oc(-c3ccccc3F)c(C)c(=O)c2c1. The van der Waals surface area contributed by atoms with Gasteiger partial charge in [0.2, 0.25) is 0 Å². The Bertz CT molecular complexity index is 1410. The predicted molar refractivity (Wildman–Crippen MR) is 123 cm³/mol. The lowest BCUT2D eigenvalue weighted by atomic mass is 9.98. The zero-order valence-corrected chi connectivity index (χ0v) is 17.9. The van der Waals surface area contributed by atoms with E-state index in [2.05, 4.69) is 5.32 Å². The van der Waals surface area contributed by atoms with E-state index in [9.17, 15) is 19.1 Å². The number of carboxylic acids is 1. The van der Waals surface area contributed by atoms with E-state index >= 15 is 0 Å². The second kappa shape index (κ2) is 8.30. The van der Waals surface area contributed by atoms with Gasteiger partial charge in [-0.3, -0.25) is 4.79 Å². The number of aromatic carboxylic acids is 1. The summed E-state index contributed by atoms with van der Waals surface area (Å²) in [6, 6.07) is 16.0. The minimum absolute atomic E-state index is 0.139. The lowest BCUT2D eigenvalue weighted by Crippen LogP contribution is -2.14. The van der Waals surface area contributed by atoms with E-state index in [4.69, 9.17) is 4.42 Å². The Morgan fingerprint density at radius 1 is 1.06 bits per heavy atom. The highest BCUT2D eigenvalue weighted by Gasteiger charge is 2.21. The van der Waals surface area contributed by atoms with E-state index in [1.54, 1.807) is 49.4 Å². The number of hydrogen-bond donors (Lipinski definition) is 2. The third-order valence-corrected chi connectivity index (χ3v) is 5.51. The molecule has 0 aliphatic rings. The fourth-order valence-electron chi connectivity index (χ4n) is 3.90. The van der Waals surface area contributed by atoms with Gasteiger partial charge in [-0.15, -0.1) is 0 Å². The summed E-state index contributed by atoms with van der Waals surface area (Å²) >= 11 is 0. The number of benzene rings is 3. The van der Waals surface area contributed by atoms with Crippen LogP contribution in [0.5, 0.6) is 0 Å². The largest absolute Gasteiger partial charge is 0.478 e. The number of aryl methyl sites for hydroxylation is 1.